The molecule has 0 bridgehead atoms. The highest BCUT2D eigenvalue weighted by molar-refractivity contribution is 5.86. The Morgan fingerprint density at radius 3 is 2.95 bits per heavy atom. The molecule has 0 aliphatic carbocycles. The molecule has 114 valence electrons. The van der Waals surface area contributed by atoms with Crippen molar-refractivity contribution in [2.75, 3.05) is 6.54 Å². The van der Waals surface area contributed by atoms with Crippen LogP contribution < -0.4 is 5.73 Å². The average Bonchev–Trinajstić information content (AvgIpc) is 2.93. The van der Waals surface area contributed by atoms with E-state index < -0.39 is 5.54 Å². The number of nitrogens with zero attached hydrogens (tertiary/aromatic N) is 4. The topological polar surface area (TPSA) is 85.0 Å². The minimum Gasteiger partial charge on any atom is -0.368 e. The first-order valence-corrected chi connectivity index (χ1v) is 7.37. The van der Waals surface area contributed by atoms with Crippen LogP contribution in [-0.2, 0) is 16.9 Å². The van der Waals surface area contributed by atoms with Crippen molar-refractivity contribution < 1.29 is 4.79 Å². The zero-order chi connectivity index (χ0) is 15.6. The molecule has 0 saturated carbocycles. The molecule has 2 aromatic rings. The number of hydrogen-bond donors (Lipinski definition) is 1. The van der Waals surface area contributed by atoms with Gasteiger partial charge in [-0.15, -0.1) is 0 Å². The standard InChI is InChI=1S/C16H19N5O/c1-12-4-2-5-13(20-12)11-21-9-3-6-16(21,15(17)22)14-10-18-7-8-19-14/h2,4-5,7-8,10H,3,6,9,11H2,1H3,(H2,17,22)/t16-/m1/s1. The molecule has 1 atom stereocenters. The van der Waals surface area contributed by atoms with Gasteiger partial charge in [-0.05, 0) is 31.9 Å². The van der Waals surface area contributed by atoms with E-state index in [4.69, 9.17) is 5.73 Å². The predicted molar refractivity (Wildman–Crippen MR) is 81.5 cm³/mol. The van der Waals surface area contributed by atoms with Crippen LogP contribution >= 0.6 is 0 Å². The molecule has 0 spiro atoms. The largest absolute Gasteiger partial charge is 0.368 e. The van der Waals surface area contributed by atoms with Gasteiger partial charge in [0.15, 0.2) is 0 Å². The lowest BCUT2D eigenvalue weighted by atomic mass is 9.91. The SMILES string of the molecule is Cc1cccc(CN2CCC[C@]2(C(N)=O)c2cnccn2)n1. The second-order valence-corrected chi connectivity index (χ2v) is 5.61. The van der Waals surface area contributed by atoms with Crippen LogP contribution in [0.5, 0.6) is 0 Å². The Morgan fingerprint density at radius 2 is 2.27 bits per heavy atom. The van der Waals surface area contributed by atoms with Gasteiger partial charge in [0.1, 0.15) is 5.54 Å². The van der Waals surface area contributed by atoms with Crippen molar-refractivity contribution in [1.29, 1.82) is 0 Å². The summed E-state index contributed by atoms with van der Waals surface area (Å²) in [5.74, 6) is -0.377. The highest BCUT2D eigenvalue weighted by atomic mass is 16.1. The van der Waals surface area contributed by atoms with Gasteiger partial charge in [0.05, 0.1) is 17.6 Å². The van der Waals surface area contributed by atoms with Crippen LogP contribution in [0.15, 0.2) is 36.8 Å². The van der Waals surface area contributed by atoms with Crippen LogP contribution in [0.4, 0.5) is 0 Å². The number of aryl methyl sites for hydroxylation is 1. The molecule has 1 fully saturated rings. The third kappa shape index (κ3) is 2.46. The molecule has 0 radical (unpaired) electrons. The van der Waals surface area contributed by atoms with Gasteiger partial charge in [-0.25, -0.2) is 0 Å². The first-order chi connectivity index (χ1) is 10.6. The van der Waals surface area contributed by atoms with Crippen LogP contribution in [0, 0.1) is 6.92 Å². The van der Waals surface area contributed by atoms with Crippen molar-refractivity contribution in [3.05, 3.63) is 53.9 Å². The molecule has 22 heavy (non-hydrogen) atoms. The van der Waals surface area contributed by atoms with Crippen LogP contribution in [0.25, 0.3) is 0 Å². The highest BCUT2D eigenvalue weighted by Crippen LogP contribution is 2.38. The maximum atomic E-state index is 12.3. The number of hydrogen-bond acceptors (Lipinski definition) is 5. The normalized spacial score (nSPS) is 21.9. The Morgan fingerprint density at radius 1 is 1.41 bits per heavy atom. The van der Waals surface area contributed by atoms with Crippen molar-refractivity contribution in [3.8, 4) is 0 Å². The minimum absolute atomic E-state index is 0.377. The van der Waals surface area contributed by atoms with E-state index in [1.165, 1.54) is 0 Å². The van der Waals surface area contributed by atoms with E-state index >= 15 is 0 Å². The van der Waals surface area contributed by atoms with Crippen molar-refractivity contribution in [2.45, 2.75) is 31.8 Å². The number of carbonyl (C=O) groups is 1. The molecule has 1 aliphatic rings. The summed E-state index contributed by atoms with van der Waals surface area (Å²) < 4.78 is 0. The zero-order valence-electron chi connectivity index (χ0n) is 12.6. The third-order valence-corrected chi connectivity index (χ3v) is 4.20. The molecule has 0 aromatic carbocycles. The number of carbonyl (C=O) groups excluding carboxylic acids is 1. The molecular formula is C16H19N5O. The van der Waals surface area contributed by atoms with E-state index in [0.717, 1.165) is 24.4 Å². The molecule has 3 heterocycles. The number of likely N-dealkylation sites (tertiary alicyclic amines) is 1. The smallest absolute Gasteiger partial charge is 0.244 e. The second kappa shape index (κ2) is 5.81. The summed E-state index contributed by atoms with van der Waals surface area (Å²) in [5.41, 5.74) is 7.39. The summed E-state index contributed by atoms with van der Waals surface area (Å²) in [5, 5.41) is 0. The van der Waals surface area contributed by atoms with Crippen molar-refractivity contribution in [2.24, 2.45) is 5.73 Å². The Balaban J connectivity index is 1.97. The zero-order valence-corrected chi connectivity index (χ0v) is 12.6. The lowest BCUT2D eigenvalue weighted by molar-refractivity contribution is -0.129. The fraction of sp³-hybridized carbons (Fsp3) is 0.375. The molecule has 1 aliphatic heterocycles. The minimum atomic E-state index is -0.889. The lowest BCUT2D eigenvalue weighted by Crippen LogP contribution is -2.51. The van der Waals surface area contributed by atoms with E-state index in [0.29, 0.717) is 18.7 Å². The Bertz CT molecular complexity index is 675. The van der Waals surface area contributed by atoms with Gasteiger partial charge in [-0.1, -0.05) is 6.07 Å². The van der Waals surface area contributed by atoms with E-state index in [9.17, 15) is 4.79 Å². The molecule has 2 aromatic heterocycles. The van der Waals surface area contributed by atoms with Gasteiger partial charge < -0.3 is 5.73 Å². The number of pyridine rings is 1. The van der Waals surface area contributed by atoms with Gasteiger partial charge in [0.25, 0.3) is 0 Å². The average molecular weight is 297 g/mol. The quantitative estimate of drug-likeness (QED) is 0.915. The van der Waals surface area contributed by atoms with Crippen LogP contribution in [-0.4, -0.2) is 32.3 Å². The molecule has 0 unspecified atom stereocenters. The van der Waals surface area contributed by atoms with Gasteiger partial charge in [-0.2, -0.15) is 0 Å². The molecular weight excluding hydrogens is 278 g/mol. The van der Waals surface area contributed by atoms with Crippen LogP contribution in [0.2, 0.25) is 0 Å². The van der Waals surface area contributed by atoms with Gasteiger partial charge in [0, 0.05) is 31.2 Å². The number of rotatable bonds is 4. The molecule has 6 heteroatoms. The summed E-state index contributed by atoms with van der Waals surface area (Å²) in [6, 6.07) is 5.90. The van der Waals surface area contributed by atoms with E-state index in [1.807, 2.05) is 25.1 Å². The molecule has 1 saturated heterocycles. The fourth-order valence-electron chi connectivity index (χ4n) is 3.18. The highest BCUT2D eigenvalue weighted by Gasteiger charge is 2.49. The number of primary amides is 1. The summed E-state index contributed by atoms with van der Waals surface area (Å²) in [6.07, 6.45) is 6.38. The van der Waals surface area contributed by atoms with Crippen molar-refractivity contribution in [3.63, 3.8) is 0 Å². The fourth-order valence-corrected chi connectivity index (χ4v) is 3.18. The summed E-state index contributed by atoms with van der Waals surface area (Å²) in [7, 11) is 0. The van der Waals surface area contributed by atoms with Crippen molar-refractivity contribution in [1.82, 2.24) is 19.9 Å². The number of nitrogens with two attached hydrogens (primary N) is 1. The first-order valence-electron chi connectivity index (χ1n) is 7.37. The first kappa shape index (κ1) is 14.6. The third-order valence-electron chi connectivity index (χ3n) is 4.20. The Hall–Kier alpha value is -2.34. The van der Waals surface area contributed by atoms with Gasteiger partial charge in [0.2, 0.25) is 5.91 Å². The maximum Gasteiger partial charge on any atom is 0.244 e. The Kier molecular flexibility index (Phi) is 3.85. The molecule has 2 N–H and O–H groups in total. The van der Waals surface area contributed by atoms with Crippen LogP contribution in [0.1, 0.15) is 29.9 Å². The molecule has 1 amide bonds. The molecule has 6 nitrogen and oxygen atoms in total. The monoisotopic (exact) mass is 297 g/mol. The number of amides is 1. The van der Waals surface area contributed by atoms with Gasteiger partial charge in [-0.3, -0.25) is 24.6 Å². The molecule has 3 rings (SSSR count). The maximum absolute atomic E-state index is 12.3. The van der Waals surface area contributed by atoms with E-state index in [-0.39, 0.29) is 5.91 Å². The predicted octanol–water partition coefficient (Wildman–Crippen LogP) is 1.16. The van der Waals surface area contributed by atoms with Gasteiger partial charge >= 0.3 is 0 Å². The second-order valence-electron chi connectivity index (χ2n) is 5.61. The number of aromatic nitrogens is 3. The summed E-state index contributed by atoms with van der Waals surface area (Å²) in [6.45, 7) is 3.31. The van der Waals surface area contributed by atoms with E-state index in [1.54, 1.807) is 18.6 Å². The summed E-state index contributed by atoms with van der Waals surface area (Å²) >= 11 is 0. The lowest BCUT2D eigenvalue weighted by Gasteiger charge is -2.34. The van der Waals surface area contributed by atoms with Crippen LogP contribution in [0.3, 0.4) is 0 Å². The van der Waals surface area contributed by atoms with E-state index in [2.05, 4.69) is 19.9 Å². The van der Waals surface area contributed by atoms with Crippen molar-refractivity contribution >= 4 is 5.91 Å². The summed E-state index contributed by atoms with van der Waals surface area (Å²) in [4.78, 5) is 27.3. The Labute approximate surface area is 129 Å².